The smallest absolute Gasteiger partial charge is 0.256 e. The van der Waals surface area contributed by atoms with Crippen molar-refractivity contribution in [3.8, 4) is 0 Å². The Kier molecular flexibility index (Phi) is 4.81. The summed E-state index contributed by atoms with van der Waals surface area (Å²) in [6, 6.07) is 7.73. The molecule has 2 aliphatic rings. The standard InChI is InChI=1S/C25H29N7O/c1-16-9-11-30(13-16)24-17(2)14-32-22(28-24)12-20(29-32)21-8-3-4-10-31(21)25(33)18-6-5-7-19-23(18)27-15-26-19/h5-7,12,14-16,21H,3-4,8-11,13H2,1-2H3,(H,26,27)/t16-,21-/m0/s1. The Balaban J connectivity index is 1.35. The molecule has 2 fully saturated rings. The molecular weight excluding hydrogens is 414 g/mol. The lowest BCUT2D eigenvalue weighted by Crippen LogP contribution is -2.38. The minimum Gasteiger partial charge on any atom is -0.356 e. The number of benzene rings is 1. The number of aromatic amines is 1. The highest BCUT2D eigenvalue weighted by Gasteiger charge is 2.32. The second-order valence-electron chi connectivity index (χ2n) is 9.57. The molecule has 0 unspecified atom stereocenters. The van der Waals surface area contributed by atoms with Crippen LogP contribution in [-0.4, -0.2) is 55.0 Å². The van der Waals surface area contributed by atoms with Crippen LogP contribution >= 0.6 is 0 Å². The Morgan fingerprint density at radius 3 is 2.94 bits per heavy atom. The van der Waals surface area contributed by atoms with Gasteiger partial charge in [0.1, 0.15) is 11.3 Å². The number of aryl methyl sites for hydroxylation is 1. The third-order valence-electron chi connectivity index (χ3n) is 7.13. The van der Waals surface area contributed by atoms with Crippen molar-refractivity contribution in [3.63, 3.8) is 0 Å². The van der Waals surface area contributed by atoms with Crippen LogP contribution in [0.15, 0.2) is 36.8 Å². The molecule has 33 heavy (non-hydrogen) atoms. The number of piperidine rings is 1. The van der Waals surface area contributed by atoms with Crippen LogP contribution in [0, 0.1) is 12.8 Å². The number of H-pyrrole nitrogens is 1. The second-order valence-corrected chi connectivity index (χ2v) is 9.57. The average Bonchev–Trinajstić information content (AvgIpc) is 3.57. The lowest BCUT2D eigenvalue weighted by atomic mass is 9.98. The second kappa shape index (κ2) is 7.86. The number of carbonyl (C=O) groups excluding carboxylic acids is 1. The maximum absolute atomic E-state index is 13.6. The number of hydrogen-bond acceptors (Lipinski definition) is 5. The molecule has 0 bridgehead atoms. The number of anilines is 1. The maximum Gasteiger partial charge on any atom is 0.256 e. The normalized spacial score (nSPS) is 21.4. The first kappa shape index (κ1) is 20.2. The summed E-state index contributed by atoms with van der Waals surface area (Å²) in [6.07, 6.45) is 7.91. The molecule has 0 saturated carbocycles. The minimum absolute atomic E-state index is 0.0188. The highest BCUT2D eigenvalue weighted by atomic mass is 16.2. The number of carbonyl (C=O) groups is 1. The summed E-state index contributed by atoms with van der Waals surface area (Å²) in [5.41, 5.74) is 5.14. The zero-order chi connectivity index (χ0) is 22.5. The summed E-state index contributed by atoms with van der Waals surface area (Å²) in [4.78, 5) is 30.5. The molecule has 0 spiro atoms. The highest BCUT2D eigenvalue weighted by Crippen LogP contribution is 2.33. The SMILES string of the molecule is Cc1cn2nc([C@@H]3CCCCN3C(=O)c3cccc4[nH]cnc34)cc2nc1N1CC[C@H](C)C1. The molecule has 1 N–H and O–H groups in total. The van der Waals surface area contributed by atoms with Crippen molar-refractivity contribution >= 4 is 28.4 Å². The Bertz CT molecular complexity index is 1340. The predicted octanol–water partition coefficient (Wildman–Crippen LogP) is 4.13. The third kappa shape index (κ3) is 3.44. The lowest BCUT2D eigenvalue weighted by molar-refractivity contribution is 0.0607. The van der Waals surface area contributed by atoms with E-state index in [2.05, 4.69) is 41.0 Å². The first-order valence-electron chi connectivity index (χ1n) is 11.9. The van der Waals surface area contributed by atoms with Crippen molar-refractivity contribution in [1.29, 1.82) is 0 Å². The molecule has 6 rings (SSSR count). The number of nitrogens with one attached hydrogen (secondary N) is 1. The van der Waals surface area contributed by atoms with E-state index in [-0.39, 0.29) is 11.9 Å². The van der Waals surface area contributed by atoms with Crippen LogP contribution in [0.5, 0.6) is 0 Å². The molecule has 8 heteroatoms. The number of fused-ring (bicyclic) bond motifs is 2. The first-order valence-corrected chi connectivity index (χ1v) is 11.9. The van der Waals surface area contributed by atoms with Crippen molar-refractivity contribution in [2.45, 2.75) is 45.6 Å². The molecule has 3 aromatic heterocycles. The van der Waals surface area contributed by atoms with Crippen LogP contribution < -0.4 is 4.90 Å². The Morgan fingerprint density at radius 2 is 2.09 bits per heavy atom. The summed E-state index contributed by atoms with van der Waals surface area (Å²) in [7, 11) is 0. The van der Waals surface area contributed by atoms with Gasteiger partial charge in [0.2, 0.25) is 0 Å². The molecule has 1 aromatic carbocycles. The molecule has 5 heterocycles. The highest BCUT2D eigenvalue weighted by molar-refractivity contribution is 6.05. The van der Waals surface area contributed by atoms with Gasteiger partial charge < -0.3 is 14.8 Å². The molecule has 2 atom stereocenters. The fourth-order valence-electron chi connectivity index (χ4n) is 5.40. The predicted molar refractivity (Wildman–Crippen MR) is 127 cm³/mol. The number of para-hydroxylation sites is 1. The first-order chi connectivity index (χ1) is 16.1. The Labute approximate surface area is 192 Å². The van der Waals surface area contributed by atoms with Crippen LogP contribution in [0.1, 0.15) is 60.3 Å². The minimum atomic E-state index is -0.0577. The number of rotatable bonds is 3. The molecule has 2 saturated heterocycles. The third-order valence-corrected chi connectivity index (χ3v) is 7.13. The van der Waals surface area contributed by atoms with Crippen molar-refractivity contribution < 1.29 is 4.79 Å². The number of imidazole rings is 1. The Morgan fingerprint density at radius 1 is 1.18 bits per heavy atom. The summed E-state index contributed by atoms with van der Waals surface area (Å²) in [5.74, 6) is 1.77. The largest absolute Gasteiger partial charge is 0.356 e. The van der Waals surface area contributed by atoms with Gasteiger partial charge in [0.15, 0.2) is 5.65 Å². The van der Waals surface area contributed by atoms with E-state index in [0.29, 0.717) is 11.5 Å². The zero-order valence-corrected chi connectivity index (χ0v) is 19.2. The van der Waals surface area contributed by atoms with E-state index in [4.69, 9.17) is 10.1 Å². The van der Waals surface area contributed by atoms with E-state index in [1.165, 1.54) is 6.42 Å². The van der Waals surface area contributed by atoms with Crippen LogP contribution in [0.2, 0.25) is 0 Å². The number of likely N-dealkylation sites (tertiary alicyclic amines) is 1. The molecular formula is C25H29N7O. The Hall–Kier alpha value is -3.42. The topological polar surface area (TPSA) is 82.4 Å². The van der Waals surface area contributed by atoms with Gasteiger partial charge in [-0.3, -0.25) is 4.79 Å². The number of aromatic nitrogens is 5. The summed E-state index contributed by atoms with van der Waals surface area (Å²) >= 11 is 0. The van der Waals surface area contributed by atoms with Crippen molar-refractivity contribution in [2.75, 3.05) is 24.5 Å². The van der Waals surface area contributed by atoms with E-state index in [1.807, 2.05) is 27.6 Å². The van der Waals surface area contributed by atoms with Crippen molar-refractivity contribution in [2.24, 2.45) is 5.92 Å². The number of nitrogens with zero attached hydrogens (tertiary/aromatic N) is 6. The van der Waals surface area contributed by atoms with Gasteiger partial charge in [-0.1, -0.05) is 13.0 Å². The van der Waals surface area contributed by atoms with Crippen molar-refractivity contribution in [3.05, 3.63) is 53.6 Å². The molecule has 170 valence electrons. The van der Waals surface area contributed by atoms with Gasteiger partial charge >= 0.3 is 0 Å². The lowest BCUT2D eigenvalue weighted by Gasteiger charge is -2.34. The summed E-state index contributed by atoms with van der Waals surface area (Å²) < 4.78 is 1.87. The fourth-order valence-corrected chi connectivity index (χ4v) is 5.40. The number of hydrogen-bond donors (Lipinski definition) is 1. The average molecular weight is 444 g/mol. The van der Waals surface area contributed by atoms with Gasteiger partial charge in [0, 0.05) is 37.5 Å². The van der Waals surface area contributed by atoms with Gasteiger partial charge in [-0.25, -0.2) is 14.5 Å². The molecule has 0 radical (unpaired) electrons. The quantitative estimate of drug-likeness (QED) is 0.515. The van der Waals surface area contributed by atoms with E-state index in [0.717, 1.165) is 72.7 Å². The van der Waals surface area contributed by atoms with E-state index >= 15 is 0 Å². The molecule has 8 nitrogen and oxygen atoms in total. The summed E-state index contributed by atoms with van der Waals surface area (Å²) in [6.45, 7) is 7.22. The van der Waals surface area contributed by atoms with Gasteiger partial charge in [0.05, 0.1) is 29.1 Å². The van der Waals surface area contributed by atoms with Gasteiger partial charge in [-0.15, -0.1) is 0 Å². The van der Waals surface area contributed by atoms with Crippen molar-refractivity contribution in [1.82, 2.24) is 29.5 Å². The van der Waals surface area contributed by atoms with Gasteiger partial charge in [-0.05, 0) is 50.7 Å². The van der Waals surface area contributed by atoms with E-state index in [9.17, 15) is 4.79 Å². The van der Waals surface area contributed by atoms with Crippen LogP contribution in [-0.2, 0) is 0 Å². The monoisotopic (exact) mass is 443 g/mol. The van der Waals surface area contributed by atoms with Crippen LogP contribution in [0.25, 0.3) is 16.7 Å². The maximum atomic E-state index is 13.6. The molecule has 0 aliphatic carbocycles. The van der Waals surface area contributed by atoms with Gasteiger partial charge in [-0.2, -0.15) is 5.10 Å². The fraction of sp³-hybridized carbons (Fsp3) is 0.440. The molecule has 2 aliphatic heterocycles. The molecule has 4 aromatic rings. The van der Waals surface area contributed by atoms with E-state index in [1.54, 1.807) is 6.33 Å². The molecule has 1 amide bonds. The number of amides is 1. The zero-order valence-electron chi connectivity index (χ0n) is 19.2. The van der Waals surface area contributed by atoms with Crippen LogP contribution in [0.4, 0.5) is 5.82 Å². The van der Waals surface area contributed by atoms with Crippen LogP contribution in [0.3, 0.4) is 0 Å². The summed E-state index contributed by atoms with van der Waals surface area (Å²) in [5, 5.41) is 4.88. The van der Waals surface area contributed by atoms with Gasteiger partial charge in [0.25, 0.3) is 5.91 Å². The van der Waals surface area contributed by atoms with E-state index < -0.39 is 0 Å².